The lowest BCUT2D eigenvalue weighted by Gasteiger charge is -2.35. The molecule has 4 aromatic heterocycles. The van der Waals surface area contributed by atoms with Gasteiger partial charge in [0.05, 0.1) is 93.1 Å². The number of anilines is 12. The summed E-state index contributed by atoms with van der Waals surface area (Å²) in [5, 5.41) is 6.19. The fourth-order valence-corrected chi connectivity index (χ4v) is 12.1. The van der Waals surface area contributed by atoms with E-state index in [1.165, 1.54) is 22.3 Å². The van der Waals surface area contributed by atoms with Gasteiger partial charge in [-0.05, 0) is 132 Å². The Balaban J connectivity index is 1.30. The zero-order chi connectivity index (χ0) is 62.2. The van der Waals surface area contributed by atoms with Gasteiger partial charge in [-0.1, -0.05) is 156 Å². The third kappa shape index (κ3) is 10.8. The highest BCUT2D eigenvalue weighted by Crippen LogP contribution is 2.56. The molecule has 0 aliphatic carbocycles. The maximum absolute atomic E-state index is 4.88. The molecule has 0 atom stereocenters. The van der Waals surface area contributed by atoms with Gasteiger partial charge in [0.2, 0.25) is 0 Å². The van der Waals surface area contributed by atoms with Crippen LogP contribution in [0.3, 0.4) is 0 Å². The van der Waals surface area contributed by atoms with Crippen LogP contribution < -0.4 is 19.6 Å². The Labute approximate surface area is 518 Å². The van der Waals surface area contributed by atoms with Gasteiger partial charge >= 0.3 is 0 Å². The van der Waals surface area contributed by atoms with E-state index in [9.17, 15) is 0 Å². The van der Waals surface area contributed by atoms with E-state index in [0.29, 0.717) is 0 Å². The minimum Gasteiger partial charge on any atom is -0.307 e. The zero-order valence-corrected chi connectivity index (χ0v) is 53.7. The Bertz CT molecular complexity index is 3960. The largest absolute Gasteiger partial charge is 0.307 e. The van der Waals surface area contributed by atoms with E-state index in [1.807, 2.05) is 24.8 Å². The predicted octanol–water partition coefficient (Wildman–Crippen LogP) is 20.0. The van der Waals surface area contributed by atoms with E-state index in [-0.39, 0.29) is 21.7 Å². The maximum atomic E-state index is 4.88. The molecule has 12 aromatic rings. The Morgan fingerprint density at radius 2 is 0.443 bits per heavy atom. The van der Waals surface area contributed by atoms with Crippen LogP contribution in [-0.4, -0.2) is 39.9 Å². The molecule has 0 unspecified atom stereocenters. The van der Waals surface area contributed by atoms with Gasteiger partial charge in [0.1, 0.15) is 25.3 Å². The Morgan fingerprint density at radius 1 is 0.250 bits per heavy atom. The zero-order valence-electron chi connectivity index (χ0n) is 53.7. The SMILES string of the molecule is Cc1ncncc1N(c1ccc(C(C)(C)C)cc1)c1cc(N(c2ccc(C(C)(C)C)cc2)c2cncnc2C)c2ccc3c(N(c4ccc(C(C)(C)C)cc4)c4cncnc4C)cc(N(c4ccc(C(C)(C)C)cc4)c4cncnc4C)c4ccc1c2c43. The van der Waals surface area contributed by atoms with Gasteiger partial charge in [0.15, 0.2) is 0 Å². The molecule has 0 aliphatic rings. The molecule has 12 heteroatoms. The third-order valence-electron chi connectivity index (χ3n) is 17.2. The highest BCUT2D eigenvalue weighted by atomic mass is 15.2. The minimum absolute atomic E-state index is 0.0801. The van der Waals surface area contributed by atoms with Crippen molar-refractivity contribution in [3.8, 4) is 0 Å². The van der Waals surface area contributed by atoms with E-state index < -0.39 is 0 Å². The summed E-state index contributed by atoms with van der Waals surface area (Å²) in [6.07, 6.45) is 14.3. The highest BCUT2D eigenvalue weighted by molar-refractivity contribution is 6.33. The number of hydrogen-bond donors (Lipinski definition) is 0. The molecule has 0 saturated heterocycles. The van der Waals surface area contributed by atoms with Gasteiger partial charge in [0, 0.05) is 55.1 Å². The van der Waals surface area contributed by atoms with Gasteiger partial charge < -0.3 is 19.6 Å². The van der Waals surface area contributed by atoms with Gasteiger partial charge in [-0.3, -0.25) is 0 Å². The monoisotopic (exact) mass is 1160 g/mol. The van der Waals surface area contributed by atoms with E-state index in [1.54, 1.807) is 25.3 Å². The first kappa shape index (κ1) is 58.7. The topological polar surface area (TPSA) is 116 Å². The molecule has 0 fully saturated rings. The summed E-state index contributed by atoms with van der Waals surface area (Å²) in [4.78, 5) is 47.9. The van der Waals surface area contributed by atoms with E-state index in [4.69, 9.17) is 39.9 Å². The molecule has 0 amide bonds. The molecule has 88 heavy (non-hydrogen) atoms. The second-order valence-electron chi connectivity index (χ2n) is 27.4. The average Bonchev–Trinajstić information content (AvgIpc) is 0.705. The molecule has 0 radical (unpaired) electrons. The molecule has 8 aromatic carbocycles. The highest BCUT2D eigenvalue weighted by Gasteiger charge is 2.32. The van der Waals surface area contributed by atoms with Crippen LogP contribution in [0.1, 0.15) is 128 Å². The van der Waals surface area contributed by atoms with Crippen molar-refractivity contribution in [2.45, 2.75) is 132 Å². The van der Waals surface area contributed by atoms with E-state index >= 15 is 0 Å². The Hall–Kier alpha value is -9.68. The van der Waals surface area contributed by atoms with Crippen LogP contribution in [0.4, 0.5) is 68.2 Å². The van der Waals surface area contributed by atoms with Gasteiger partial charge in [-0.2, -0.15) is 0 Å². The van der Waals surface area contributed by atoms with Crippen molar-refractivity contribution < 1.29 is 0 Å². The molecule has 0 spiro atoms. The van der Waals surface area contributed by atoms with Crippen molar-refractivity contribution in [2.24, 2.45) is 0 Å². The maximum Gasteiger partial charge on any atom is 0.115 e. The van der Waals surface area contributed by atoms with Crippen molar-refractivity contribution in [2.75, 3.05) is 19.6 Å². The smallest absolute Gasteiger partial charge is 0.115 e. The lowest BCUT2D eigenvalue weighted by atomic mass is 9.86. The number of nitrogens with zero attached hydrogens (tertiary/aromatic N) is 12. The van der Waals surface area contributed by atoms with Crippen molar-refractivity contribution in [1.82, 2.24) is 39.9 Å². The molecule has 0 aliphatic heterocycles. The van der Waals surface area contributed by atoms with Crippen LogP contribution in [0.25, 0.3) is 32.3 Å². The molecule has 442 valence electrons. The molecule has 0 N–H and O–H groups in total. The fraction of sp³-hybridized carbons (Fsp3) is 0.263. The molecule has 0 saturated carbocycles. The standard InChI is InChI=1S/C76H78N12/c1-47-67(39-77-43-81-47)85(55-25-17-51(18-26-55)73(5,6)7)63-37-64(86(68-40-78-44-82-48(68)2)56-27-19-52(20-28-56)74(8,9)10)60-35-36-62-66(88(70-42-80-46-84-50(70)4)58-31-23-54(24-32-58)76(14,15)16)38-65(61-34-33-59(63)71(60)72(61)62)87(69-41-79-45-83-49(69)3)57-29-21-53(22-30-57)75(11,12)13/h17-46H,1-16H3. The lowest BCUT2D eigenvalue weighted by molar-refractivity contribution is 0.590. The van der Waals surface area contributed by atoms with Crippen LogP contribution in [-0.2, 0) is 21.7 Å². The summed E-state index contributed by atoms with van der Waals surface area (Å²) in [5.74, 6) is 0. The van der Waals surface area contributed by atoms with Crippen molar-refractivity contribution in [3.05, 3.63) is 229 Å². The predicted molar refractivity (Wildman–Crippen MR) is 365 cm³/mol. The summed E-state index contributed by atoms with van der Waals surface area (Å²) in [6, 6.07) is 49.8. The summed E-state index contributed by atoms with van der Waals surface area (Å²) in [5.41, 5.74) is 18.9. The Kier molecular flexibility index (Phi) is 14.8. The number of aryl methyl sites for hydroxylation is 4. The first-order chi connectivity index (χ1) is 41.9. The van der Waals surface area contributed by atoms with E-state index in [0.717, 1.165) is 123 Å². The van der Waals surface area contributed by atoms with Gasteiger partial charge in [-0.15, -0.1) is 0 Å². The number of hydrogen-bond acceptors (Lipinski definition) is 12. The lowest BCUT2D eigenvalue weighted by Crippen LogP contribution is -2.18. The molecule has 4 heterocycles. The average molecular weight is 1160 g/mol. The second-order valence-corrected chi connectivity index (χ2v) is 27.4. The van der Waals surface area contributed by atoms with Crippen LogP contribution >= 0.6 is 0 Å². The summed E-state index contributed by atoms with van der Waals surface area (Å²) in [7, 11) is 0. The van der Waals surface area contributed by atoms with Crippen LogP contribution in [0.5, 0.6) is 0 Å². The molecular formula is C76H78N12. The second kappa shape index (κ2) is 22.2. The van der Waals surface area contributed by atoms with Crippen molar-refractivity contribution in [1.29, 1.82) is 0 Å². The first-order valence-electron chi connectivity index (χ1n) is 30.3. The number of benzene rings is 8. The summed E-state index contributed by atoms with van der Waals surface area (Å²) >= 11 is 0. The molecule has 12 nitrogen and oxygen atoms in total. The van der Waals surface area contributed by atoms with Crippen LogP contribution in [0, 0.1) is 27.7 Å². The molecular weight excluding hydrogens is 1080 g/mol. The molecule has 12 rings (SSSR count). The summed E-state index contributed by atoms with van der Waals surface area (Å²) in [6.45, 7) is 35.3. The first-order valence-corrected chi connectivity index (χ1v) is 30.3. The Morgan fingerprint density at radius 3 is 0.614 bits per heavy atom. The summed E-state index contributed by atoms with van der Waals surface area (Å²) < 4.78 is 0. The number of rotatable bonds is 12. The van der Waals surface area contributed by atoms with Gasteiger partial charge in [0.25, 0.3) is 0 Å². The van der Waals surface area contributed by atoms with Crippen LogP contribution in [0.15, 0.2) is 184 Å². The van der Waals surface area contributed by atoms with Crippen molar-refractivity contribution >= 4 is 101 Å². The minimum atomic E-state index is -0.0801. The van der Waals surface area contributed by atoms with Gasteiger partial charge in [-0.25, -0.2) is 39.9 Å². The van der Waals surface area contributed by atoms with Crippen molar-refractivity contribution in [3.63, 3.8) is 0 Å². The number of aromatic nitrogens is 8. The van der Waals surface area contributed by atoms with Crippen LogP contribution in [0.2, 0.25) is 0 Å². The van der Waals surface area contributed by atoms with E-state index in [2.05, 4.69) is 264 Å². The third-order valence-corrected chi connectivity index (χ3v) is 17.2. The fourth-order valence-electron chi connectivity index (χ4n) is 12.1. The molecule has 0 bridgehead atoms. The quantitative estimate of drug-likeness (QED) is 0.108. The normalized spacial score (nSPS) is 12.3.